The Balaban J connectivity index is 2.05. The number of aryl methyl sites for hydroxylation is 1. The van der Waals surface area contributed by atoms with Crippen LogP contribution in [0.1, 0.15) is 5.69 Å². The molecule has 0 saturated carbocycles. The highest BCUT2D eigenvalue weighted by atomic mass is 16.1. The fourth-order valence-electron chi connectivity index (χ4n) is 1.31. The van der Waals surface area contributed by atoms with Crippen molar-refractivity contribution in [1.82, 2.24) is 14.5 Å². The summed E-state index contributed by atoms with van der Waals surface area (Å²) in [5, 5.41) is 3.18. The first-order valence-corrected chi connectivity index (χ1v) is 4.91. The smallest absolute Gasteiger partial charge is 0.250 e. The van der Waals surface area contributed by atoms with Gasteiger partial charge in [0.2, 0.25) is 5.56 Å². The number of pyridine rings is 1. The molecule has 82 valence electrons. The van der Waals surface area contributed by atoms with Gasteiger partial charge >= 0.3 is 0 Å². The number of rotatable bonds is 3. The first-order chi connectivity index (χ1) is 7.75. The van der Waals surface area contributed by atoms with Crippen LogP contribution in [0.2, 0.25) is 0 Å². The molecule has 0 fully saturated rings. The van der Waals surface area contributed by atoms with E-state index in [9.17, 15) is 4.79 Å². The van der Waals surface area contributed by atoms with Crippen LogP contribution in [0, 0.1) is 0 Å². The molecule has 1 N–H and O–H groups in total. The Labute approximate surface area is 92.8 Å². The molecule has 0 saturated heterocycles. The molecule has 0 aliphatic carbocycles. The Hall–Kier alpha value is -2.17. The second kappa shape index (κ2) is 4.57. The average Bonchev–Trinajstić information content (AvgIpc) is 2.32. The minimum absolute atomic E-state index is 0.0208. The van der Waals surface area contributed by atoms with E-state index in [1.165, 1.54) is 17.0 Å². The molecular weight excluding hydrogens is 204 g/mol. The predicted octanol–water partition coefficient (Wildman–Crippen LogP) is 0.787. The summed E-state index contributed by atoms with van der Waals surface area (Å²) in [6, 6.07) is 5.13. The molecule has 0 amide bonds. The quantitative estimate of drug-likeness (QED) is 0.824. The van der Waals surface area contributed by atoms with Gasteiger partial charge in [-0.25, -0.2) is 9.97 Å². The van der Waals surface area contributed by atoms with Gasteiger partial charge in [-0.15, -0.1) is 0 Å². The van der Waals surface area contributed by atoms with Crippen LogP contribution in [0.25, 0.3) is 0 Å². The van der Waals surface area contributed by atoms with E-state index in [1.54, 1.807) is 25.5 Å². The van der Waals surface area contributed by atoms with E-state index in [-0.39, 0.29) is 5.56 Å². The number of hydrogen-bond donors (Lipinski definition) is 1. The third-order valence-electron chi connectivity index (χ3n) is 2.20. The molecule has 2 aromatic rings. The van der Waals surface area contributed by atoms with Crippen LogP contribution in [-0.4, -0.2) is 14.5 Å². The van der Waals surface area contributed by atoms with Crippen molar-refractivity contribution in [1.29, 1.82) is 0 Å². The van der Waals surface area contributed by atoms with Gasteiger partial charge in [0.25, 0.3) is 0 Å². The van der Waals surface area contributed by atoms with E-state index in [0.717, 1.165) is 11.4 Å². The first-order valence-electron chi connectivity index (χ1n) is 4.91. The molecule has 0 aliphatic heterocycles. The highest BCUT2D eigenvalue weighted by Gasteiger charge is 1.96. The zero-order chi connectivity index (χ0) is 11.4. The molecule has 0 bridgehead atoms. The topological polar surface area (TPSA) is 59.8 Å². The van der Waals surface area contributed by atoms with Gasteiger partial charge in [-0.1, -0.05) is 0 Å². The Kier molecular flexibility index (Phi) is 2.95. The van der Waals surface area contributed by atoms with E-state index >= 15 is 0 Å². The molecule has 2 heterocycles. The summed E-state index contributed by atoms with van der Waals surface area (Å²) in [5.41, 5.74) is 1.78. The lowest BCUT2D eigenvalue weighted by molar-refractivity contribution is 0.858. The highest BCUT2D eigenvalue weighted by molar-refractivity contribution is 5.40. The van der Waals surface area contributed by atoms with Gasteiger partial charge < -0.3 is 9.88 Å². The maximum atomic E-state index is 11.2. The maximum Gasteiger partial charge on any atom is 0.250 e. The fraction of sp³-hybridized carbons (Fsp3) is 0.182. The van der Waals surface area contributed by atoms with Crippen molar-refractivity contribution in [3.63, 3.8) is 0 Å². The fourth-order valence-corrected chi connectivity index (χ4v) is 1.31. The maximum absolute atomic E-state index is 11.2. The minimum Gasteiger partial charge on any atom is -0.378 e. The van der Waals surface area contributed by atoms with Gasteiger partial charge in [-0.3, -0.25) is 4.79 Å². The molecule has 0 spiro atoms. The molecule has 0 aromatic carbocycles. The summed E-state index contributed by atoms with van der Waals surface area (Å²) < 4.78 is 1.53. The zero-order valence-electron chi connectivity index (χ0n) is 8.92. The molecule has 5 nitrogen and oxygen atoms in total. The molecule has 0 unspecified atom stereocenters. The summed E-state index contributed by atoms with van der Waals surface area (Å²) >= 11 is 0. The number of nitrogens with one attached hydrogen (secondary N) is 1. The molecule has 0 aliphatic rings. The van der Waals surface area contributed by atoms with Gasteiger partial charge in [0.15, 0.2) is 0 Å². The number of aromatic nitrogens is 3. The van der Waals surface area contributed by atoms with E-state index in [0.29, 0.717) is 6.54 Å². The molecule has 16 heavy (non-hydrogen) atoms. The summed E-state index contributed by atoms with van der Waals surface area (Å²) in [7, 11) is 1.72. The van der Waals surface area contributed by atoms with E-state index in [4.69, 9.17) is 0 Å². The standard InChI is InChI=1S/C11H12N4O/c1-15-7-10(2-3-11(15)16)13-6-9-4-5-12-8-14-9/h2-5,7-8,13H,6H2,1H3. The minimum atomic E-state index is -0.0208. The van der Waals surface area contributed by atoms with Crippen molar-refractivity contribution in [2.24, 2.45) is 7.05 Å². The molecule has 2 aromatic heterocycles. The van der Waals surface area contributed by atoms with Crippen LogP contribution in [0.15, 0.2) is 41.7 Å². The molecule has 5 heteroatoms. The number of anilines is 1. The summed E-state index contributed by atoms with van der Waals surface area (Å²) in [6.45, 7) is 0.612. The average molecular weight is 216 g/mol. The SMILES string of the molecule is Cn1cc(NCc2ccncn2)ccc1=O. The van der Waals surface area contributed by atoms with Crippen molar-refractivity contribution < 1.29 is 0 Å². The summed E-state index contributed by atoms with van der Waals surface area (Å²) in [5.74, 6) is 0. The molecular formula is C11H12N4O. The van der Waals surface area contributed by atoms with Gasteiger partial charge in [-0.05, 0) is 12.1 Å². The van der Waals surface area contributed by atoms with Gasteiger partial charge in [0.05, 0.1) is 17.9 Å². The van der Waals surface area contributed by atoms with Gasteiger partial charge in [-0.2, -0.15) is 0 Å². The van der Waals surface area contributed by atoms with Crippen LogP contribution in [0.5, 0.6) is 0 Å². The van der Waals surface area contributed by atoms with Crippen molar-refractivity contribution in [3.8, 4) is 0 Å². The Bertz CT molecular complexity index is 521. The second-order valence-corrected chi connectivity index (χ2v) is 3.42. The number of hydrogen-bond acceptors (Lipinski definition) is 4. The van der Waals surface area contributed by atoms with Crippen molar-refractivity contribution in [2.75, 3.05) is 5.32 Å². The Morgan fingerprint density at radius 1 is 1.38 bits per heavy atom. The van der Waals surface area contributed by atoms with Crippen LogP contribution >= 0.6 is 0 Å². The van der Waals surface area contributed by atoms with Crippen molar-refractivity contribution in [3.05, 3.63) is 53.0 Å². The Morgan fingerprint density at radius 2 is 2.25 bits per heavy atom. The normalized spacial score (nSPS) is 10.1. The second-order valence-electron chi connectivity index (χ2n) is 3.42. The van der Waals surface area contributed by atoms with E-state index in [2.05, 4.69) is 15.3 Å². The zero-order valence-corrected chi connectivity index (χ0v) is 8.92. The van der Waals surface area contributed by atoms with E-state index < -0.39 is 0 Å². The molecule has 0 radical (unpaired) electrons. The molecule has 0 atom stereocenters. The van der Waals surface area contributed by atoms with Crippen LogP contribution in [-0.2, 0) is 13.6 Å². The van der Waals surface area contributed by atoms with Crippen LogP contribution in [0.4, 0.5) is 5.69 Å². The van der Waals surface area contributed by atoms with Gasteiger partial charge in [0.1, 0.15) is 6.33 Å². The van der Waals surface area contributed by atoms with Crippen molar-refractivity contribution >= 4 is 5.69 Å². The van der Waals surface area contributed by atoms with Gasteiger partial charge in [0, 0.05) is 25.5 Å². The summed E-state index contributed by atoms with van der Waals surface area (Å²) in [4.78, 5) is 19.1. The lowest BCUT2D eigenvalue weighted by Gasteiger charge is -2.06. The number of nitrogens with zero attached hydrogens (tertiary/aromatic N) is 3. The third kappa shape index (κ3) is 2.44. The molecule has 2 rings (SSSR count). The summed E-state index contributed by atoms with van der Waals surface area (Å²) in [6.07, 6.45) is 4.96. The monoisotopic (exact) mass is 216 g/mol. The first kappa shape index (κ1) is 10.4. The lowest BCUT2D eigenvalue weighted by Crippen LogP contribution is -2.15. The predicted molar refractivity (Wildman–Crippen MR) is 61.0 cm³/mol. The lowest BCUT2D eigenvalue weighted by atomic mass is 10.3. The third-order valence-corrected chi connectivity index (χ3v) is 2.20. The highest BCUT2D eigenvalue weighted by Crippen LogP contribution is 2.04. The van der Waals surface area contributed by atoms with Crippen molar-refractivity contribution in [2.45, 2.75) is 6.54 Å². The van der Waals surface area contributed by atoms with Crippen LogP contribution in [0.3, 0.4) is 0 Å². The van der Waals surface area contributed by atoms with E-state index in [1.807, 2.05) is 6.07 Å². The largest absolute Gasteiger partial charge is 0.378 e. The van der Waals surface area contributed by atoms with Crippen LogP contribution < -0.4 is 10.9 Å². The Morgan fingerprint density at radius 3 is 2.94 bits per heavy atom.